The monoisotopic (exact) mass is 549 g/mol. The SMILES string of the molecule is CC(C)CCNC(=O)c1ccc(CSc2nc(Cl)cc(N3CCN(CC=Cc4ccccc4)CC3)n2)cc1. The fourth-order valence-corrected chi connectivity index (χ4v) is 5.19. The molecule has 3 aromatic rings. The van der Waals surface area contributed by atoms with E-state index in [2.05, 4.69) is 70.4 Å². The van der Waals surface area contributed by atoms with Gasteiger partial charge in [0, 0.05) is 56.7 Å². The first kappa shape index (κ1) is 28.1. The summed E-state index contributed by atoms with van der Waals surface area (Å²) in [6.07, 6.45) is 5.38. The number of carbonyl (C=O) groups excluding carboxylic acids is 1. The summed E-state index contributed by atoms with van der Waals surface area (Å²) in [6.45, 7) is 9.68. The lowest BCUT2D eigenvalue weighted by Gasteiger charge is -2.35. The van der Waals surface area contributed by atoms with Crippen LogP contribution in [-0.2, 0) is 5.75 Å². The highest BCUT2D eigenvalue weighted by Gasteiger charge is 2.18. The molecule has 1 fully saturated rings. The van der Waals surface area contributed by atoms with Gasteiger partial charge in [-0.05, 0) is 35.6 Å². The molecule has 0 unspecified atom stereocenters. The number of piperazine rings is 1. The van der Waals surface area contributed by atoms with Gasteiger partial charge in [-0.2, -0.15) is 0 Å². The van der Waals surface area contributed by atoms with Crippen LogP contribution in [0.2, 0.25) is 5.15 Å². The smallest absolute Gasteiger partial charge is 0.251 e. The first-order chi connectivity index (χ1) is 18.5. The average Bonchev–Trinajstić information content (AvgIpc) is 2.92. The number of nitrogens with one attached hydrogen (secondary N) is 1. The van der Waals surface area contributed by atoms with Gasteiger partial charge in [0.25, 0.3) is 5.91 Å². The van der Waals surface area contributed by atoms with Crippen LogP contribution in [0.15, 0.2) is 71.9 Å². The summed E-state index contributed by atoms with van der Waals surface area (Å²) in [4.78, 5) is 26.3. The van der Waals surface area contributed by atoms with Crippen molar-refractivity contribution in [3.63, 3.8) is 0 Å². The molecule has 38 heavy (non-hydrogen) atoms. The zero-order valence-electron chi connectivity index (χ0n) is 22.1. The van der Waals surface area contributed by atoms with Crippen LogP contribution in [0.1, 0.15) is 41.8 Å². The number of rotatable bonds is 11. The minimum absolute atomic E-state index is 0.0278. The number of thioether (sulfide) groups is 1. The number of amides is 1. The lowest BCUT2D eigenvalue weighted by Crippen LogP contribution is -2.46. The van der Waals surface area contributed by atoms with E-state index < -0.39 is 0 Å². The van der Waals surface area contributed by atoms with E-state index >= 15 is 0 Å². The highest BCUT2D eigenvalue weighted by molar-refractivity contribution is 7.98. The Morgan fingerprint density at radius 1 is 1.05 bits per heavy atom. The summed E-state index contributed by atoms with van der Waals surface area (Å²) in [5.41, 5.74) is 3.01. The highest BCUT2D eigenvalue weighted by Crippen LogP contribution is 2.25. The van der Waals surface area contributed by atoms with E-state index in [9.17, 15) is 4.79 Å². The number of halogens is 1. The molecule has 4 rings (SSSR count). The zero-order chi connectivity index (χ0) is 26.7. The van der Waals surface area contributed by atoms with Gasteiger partial charge in [0.1, 0.15) is 11.0 Å². The summed E-state index contributed by atoms with van der Waals surface area (Å²) in [5, 5.41) is 4.10. The molecular weight excluding hydrogens is 514 g/mol. The normalized spacial score (nSPS) is 14.4. The summed E-state index contributed by atoms with van der Waals surface area (Å²) in [6, 6.07) is 20.0. The van der Waals surface area contributed by atoms with E-state index in [1.165, 1.54) is 5.56 Å². The average molecular weight is 550 g/mol. The van der Waals surface area contributed by atoms with Crippen molar-refractivity contribution in [3.8, 4) is 0 Å². The van der Waals surface area contributed by atoms with Gasteiger partial charge >= 0.3 is 0 Å². The van der Waals surface area contributed by atoms with Crippen molar-refractivity contribution in [3.05, 3.63) is 88.6 Å². The van der Waals surface area contributed by atoms with Crippen molar-refractivity contribution in [2.24, 2.45) is 5.92 Å². The maximum atomic E-state index is 12.3. The van der Waals surface area contributed by atoms with E-state index in [-0.39, 0.29) is 5.91 Å². The minimum Gasteiger partial charge on any atom is -0.354 e. The fourth-order valence-electron chi connectivity index (χ4n) is 4.15. The Kier molecular flexibility index (Phi) is 10.6. The molecule has 1 aliphatic heterocycles. The van der Waals surface area contributed by atoms with Crippen LogP contribution in [0.5, 0.6) is 0 Å². The molecule has 200 valence electrons. The van der Waals surface area contributed by atoms with E-state index in [0.717, 1.165) is 50.5 Å². The second-order valence-electron chi connectivity index (χ2n) is 9.86. The van der Waals surface area contributed by atoms with Crippen molar-refractivity contribution in [2.75, 3.05) is 44.2 Å². The number of hydrogen-bond donors (Lipinski definition) is 1. The number of aromatic nitrogens is 2. The third-order valence-corrected chi connectivity index (χ3v) is 7.53. The summed E-state index contributed by atoms with van der Waals surface area (Å²) < 4.78 is 0. The van der Waals surface area contributed by atoms with Gasteiger partial charge in [0.05, 0.1) is 0 Å². The maximum Gasteiger partial charge on any atom is 0.251 e. The van der Waals surface area contributed by atoms with E-state index in [0.29, 0.717) is 34.1 Å². The van der Waals surface area contributed by atoms with Gasteiger partial charge < -0.3 is 10.2 Å². The number of benzene rings is 2. The molecule has 1 aromatic heterocycles. The topological polar surface area (TPSA) is 61.4 Å². The summed E-state index contributed by atoms with van der Waals surface area (Å²) in [5.74, 6) is 2.12. The number of nitrogens with zero attached hydrogens (tertiary/aromatic N) is 4. The molecule has 0 atom stereocenters. The molecule has 1 N–H and O–H groups in total. The Hall–Kier alpha value is -2.87. The fraction of sp³-hybridized carbons (Fsp3) is 0.367. The first-order valence-electron chi connectivity index (χ1n) is 13.2. The standard InChI is InChI=1S/C30H36ClN5OS/c1-23(2)14-15-32-29(37)26-12-10-25(11-13-26)22-38-30-33-27(31)21-28(34-30)36-19-17-35(18-20-36)16-6-9-24-7-4-3-5-8-24/h3-13,21,23H,14-20,22H2,1-2H3,(H,32,37). The molecule has 0 bridgehead atoms. The third kappa shape index (κ3) is 8.86. The van der Waals surface area contributed by atoms with Gasteiger partial charge in [-0.1, -0.05) is 91.8 Å². The molecule has 0 radical (unpaired) electrons. The largest absolute Gasteiger partial charge is 0.354 e. The van der Waals surface area contributed by atoms with E-state index in [1.54, 1.807) is 11.8 Å². The lowest BCUT2D eigenvalue weighted by atomic mass is 10.1. The number of carbonyl (C=O) groups is 1. The second-order valence-corrected chi connectivity index (χ2v) is 11.2. The maximum absolute atomic E-state index is 12.3. The van der Waals surface area contributed by atoms with Crippen molar-refractivity contribution < 1.29 is 4.79 Å². The Morgan fingerprint density at radius 3 is 2.50 bits per heavy atom. The van der Waals surface area contributed by atoms with Crippen LogP contribution >= 0.6 is 23.4 Å². The Labute approximate surface area is 235 Å². The Morgan fingerprint density at radius 2 is 1.79 bits per heavy atom. The molecule has 2 heterocycles. The molecule has 1 aliphatic rings. The molecule has 6 nitrogen and oxygen atoms in total. The number of hydrogen-bond acceptors (Lipinski definition) is 6. The molecule has 8 heteroatoms. The van der Waals surface area contributed by atoms with E-state index in [1.807, 2.05) is 36.4 Å². The summed E-state index contributed by atoms with van der Waals surface area (Å²) >= 11 is 7.92. The molecular formula is C30H36ClN5OS. The Balaban J connectivity index is 1.26. The third-order valence-electron chi connectivity index (χ3n) is 6.42. The quantitative estimate of drug-likeness (QED) is 0.179. The molecule has 1 saturated heterocycles. The van der Waals surface area contributed by atoms with Crippen LogP contribution < -0.4 is 10.2 Å². The molecule has 0 saturated carbocycles. The van der Waals surface area contributed by atoms with Crippen molar-refractivity contribution in [1.82, 2.24) is 20.2 Å². The molecule has 1 amide bonds. The predicted molar refractivity (Wildman–Crippen MR) is 159 cm³/mol. The van der Waals surface area contributed by atoms with Crippen LogP contribution in [0, 0.1) is 5.92 Å². The van der Waals surface area contributed by atoms with Gasteiger partial charge in [-0.15, -0.1) is 0 Å². The van der Waals surface area contributed by atoms with Gasteiger partial charge in [0.2, 0.25) is 0 Å². The molecule has 0 spiro atoms. The second kappa shape index (κ2) is 14.3. The molecule has 2 aromatic carbocycles. The van der Waals surface area contributed by atoms with Crippen molar-refractivity contribution >= 4 is 41.2 Å². The van der Waals surface area contributed by atoms with Gasteiger partial charge in [-0.25, -0.2) is 9.97 Å². The molecule has 0 aliphatic carbocycles. The highest BCUT2D eigenvalue weighted by atomic mass is 35.5. The van der Waals surface area contributed by atoms with Crippen LogP contribution in [-0.4, -0.2) is 60.0 Å². The van der Waals surface area contributed by atoms with Crippen molar-refractivity contribution in [2.45, 2.75) is 31.2 Å². The van der Waals surface area contributed by atoms with Crippen LogP contribution in [0.3, 0.4) is 0 Å². The first-order valence-corrected chi connectivity index (χ1v) is 14.6. The van der Waals surface area contributed by atoms with Crippen molar-refractivity contribution in [1.29, 1.82) is 0 Å². The minimum atomic E-state index is -0.0278. The van der Waals surface area contributed by atoms with Crippen LogP contribution in [0.4, 0.5) is 5.82 Å². The van der Waals surface area contributed by atoms with Crippen LogP contribution in [0.25, 0.3) is 6.08 Å². The Bertz CT molecular complexity index is 1200. The number of anilines is 1. The summed E-state index contributed by atoms with van der Waals surface area (Å²) in [7, 11) is 0. The predicted octanol–water partition coefficient (Wildman–Crippen LogP) is 6.03. The van der Waals surface area contributed by atoms with E-state index in [4.69, 9.17) is 16.6 Å². The zero-order valence-corrected chi connectivity index (χ0v) is 23.7. The lowest BCUT2D eigenvalue weighted by molar-refractivity contribution is 0.0952. The van der Waals surface area contributed by atoms with Gasteiger partial charge in [0.15, 0.2) is 5.16 Å². The van der Waals surface area contributed by atoms with Gasteiger partial charge in [-0.3, -0.25) is 9.69 Å².